The molecule has 0 amide bonds. The van der Waals surface area contributed by atoms with E-state index in [0.29, 0.717) is 24.9 Å². The lowest BCUT2D eigenvalue weighted by atomic mass is 9.19. The van der Waals surface area contributed by atoms with Crippen LogP contribution in [0.5, 0.6) is 0 Å². The maximum absolute atomic E-state index is 13.6. The lowest BCUT2D eigenvalue weighted by Gasteiger charge is -2.84. The molecule has 0 radical (unpaired) electrons. The molecule has 8 aliphatic carbocycles. The zero-order chi connectivity index (χ0) is 45.2. The molecule has 64 heavy (non-hydrogen) atoms. The second-order valence-electron chi connectivity index (χ2n) is 25.1. The molecule has 9 aliphatic rings. The van der Waals surface area contributed by atoms with Crippen molar-refractivity contribution in [3.8, 4) is 11.8 Å². The number of carbonyl (C=O) groups is 1. The van der Waals surface area contributed by atoms with Crippen LogP contribution >= 0.6 is 0 Å². The van der Waals surface area contributed by atoms with Crippen LogP contribution in [0.1, 0.15) is 181 Å². The molecule has 7 saturated carbocycles. The molecule has 1 aromatic rings. The van der Waals surface area contributed by atoms with Gasteiger partial charge in [0.2, 0.25) is 0 Å². The zero-order valence-electron chi connectivity index (χ0n) is 40.6. The van der Waals surface area contributed by atoms with Gasteiger partial charge in [-0.15, -0.1) is 5.92 Å². The van der Waals surface area contributed by atoms with Crippen molar-refractivity contribution in [2.24, 2.45) is 78.8 Å². The minimum atomic E-state index is -1.48. The maximum Gasteiger partial charge on any atom is 0.309 e. The van der Waals surface area contributed by atoms with E-state index in [1.165, 1.54) is 44.1 Å². The molecule has 354 valence electrons. The first-order chi connectivity index (χ1) is 30.5. The van der Waals surface area contributed by atoms with Gasteiger partial charge in [-0.25, -0.2) is 0 Å². The lowest BCUT2D eigenvalue weighted by molar-refractivity contribution is -0.380. The van der Waals surface area contributed by atoms with Crippen LogP contribution in [-0.2, 0) is 27.1 Å². The zero-order valence-corrected chi connectivity index (χ0v) is 40.6. The average molecular weight is 881 g/mol. The van der Waals surface area contributed by atoms with Gasteiger partial charge in [-0.2, -0.15) is 0 Å². The minimum Gasteiger partial charge on any atom is -0.481 e. The summed E-state index contributed by atoms with van der Waals surface area (Å²) in [6.45, 7) is 12.5. The van der Waals surface area contributed by atoms with E-state index >= 15 is 0 Å². The minimum absolute atomic E-state index is 0.0642. The fourth-order valence-corrected chi connectivity index (χ4v) is 20.5. The highest BCUT2D eigenvalue weighted by Gasteiger charge is 2.89. The third-order valence-electron chi connectivity index (χ3n) is 23.4. The van der Waals surface area contributed by atoms with Crippen LogP contribution in [0.25, 0.3) is 0 Å². The van der Waals surface area contributed by atoms with Crippen LogP contribution < -0.4 is 0 Å². The van der Waals surface area contributed by atoms with Gasteiger partial charge in [0.05, 0.1) is 30.8 Å². The van der Waals surface area contributed by atoms with Gasteiger partial charge in [0.15, 0.2) is 5.79 Å². The van der Waals surface area contributed by atoms with E-state index < -0.39 is 44.9 Å². The highest BCUT2D eigenvalue weighted by molar-refractivity contribution is 5.75. The van der Waals surface area contributed by atoms with E-state index in [9.17, 15) is 25.2 Å². The Kier molecular flexibility index (Phi) is 11.3. The summed E-state index contributed by atoms with van der Waals surface area (Å²) in [5.74, 6) is 8.17. The molecule has 8 fully saturated rings. The van der Waals surface area contributed by atoms with E-state index in [1.54, 1.807) is 7.11 Å². The number of benzene rings is 1. The standard InChI is InChI=1S/C57H84O7/c1-7-11-44-55-32-31-53-25-10-14-39(16-15-38-12-8-9-13-38)23-26-54-42(21-22-43-47(54)49(2,28-30-51(53,54)4)27-29-50(43,3)48(60)61)35-52(53,5)56(55,37-58)45(59)36-57(44,62)64-46(55)34-41-19-17-40(18-20-41)24-33-63-6/h17-20,38-39,42-47,58-59,62H,7-9,11-16,21-24,26-37H2,1-6H3,(H,60,61). The number of methoxy groups -OCH3 is 1. The monoisotopic (exact) mass is 881 g/mol. The smallest absolute Gasteiger partial charge is 0.309 e. The molecule has 1 aromatic carbocycles. The first-order valence-electron chi connectivity index (χ1n) is 26.5. The van der Waals surface area contributed by atoms with Crippen molar-refractivity contribution in [1.29, 1.82) is 0 Å². The number of aliphatic hydroxyl groups excluding tert-OH is 2. The number of hydrogen-bond donors (Lipinski definition) is 4. The van der Waals surface area contributed by atoms with Gasteiger partial charge in [0, 0.05) is 42.1 Å². The molecule has 3 spiro atoms. The van der Waals surface area contributed by atoms with Crippen LogP contribution in [0.4, 0.5) is 0 Å². The van der Waals surface area contributed by atoms with Crippen LogP contribution in [0.2, 0.25) is 0 Å². The number of aliphatic hydroxyl groups is 3. The number of aliphatic carboxylic acids is 1. The molecular formula is C57H84O7. The quantitative estimate of drug-likeness (QED) is 0.155. The predicted octanol–water partition coefficient (Wildman–Crippen LogP) is 10.9. The van der Waals surface area contributed by atoms with Crippen LogP contribution in [0, 0.1) is 90.7 Å². The third-order valence-corrected chi connectivity index (χ3v) is 23.4. The number of fused-ring (bicyclic) bond motifs is 2. The molecular weight excluding hydrogens is 797 g/mol. The normalized spacial score (nSPS) is 50.2. The average Bonchev–Trinajstić information content (AvgIpc) is 3.85. The molecule has 10 rings (SSSR count). The Morgan fingerprint density at radius 2 is 1.55 bits per heavy atom. The molecule has 7 heteroatoms. The van der Waals surface area contributed by atoms with Crippen molar-refractivity contribution in [2.45, 2.75) is 200 Å². The van der Waals surface area contributed by atoms with Gasteiger partial charge in [0.1, 0.15) is 0 Å². The molecule has 1 saturated heterocycles. The predicted molar refractivity (Wildman–Crippen MR) is 250 cm³/mol. The second kappa shape index (κ2) is 15.8. The largest absolute Gasteiger partial charge is 0.481 e. The van der Waals surface area contributed by atoms with Crippen molar-refractivity contribution in [3.05, 3.63) is 35.4 Å². The lowest BCUT2D eigenvalue weighted by Crippen LogP contribution is -2.82. The number of carboxylic acids is 1. The maximum atomic E-state index is 13.6. The number of rotatable bonds is 12. The van der Waals surface area contributed by atoms with Gasteiger partial charge in [-0.1, -0.05) is 96.4 Å². The molecule has 0 aromatic heterocycles. The van der Waals surface area contributed by atoms with Gasteiger partial charge >= 0.3 is 5.97 Å². The summed E-state index contributed by atoms with van der Waals surface area (Å²) in [5.41, 5.74) is -1.50. The van der Waals surface area contributed by atoms with Crippen molar-refractivity contribution >= 4 is 5.97 Å². The first-order valence-corrected chi connectivity index (χ1v) is 26.5. The van der Waals surface area contributed by atoms with Crippen molar-refractivity contribution in [3.63, 3.8) is 0 Å². The first kappa shape index (κ1) is 45.8. The molecule has 1 heterocycles. The van der Waals surface area contributed by atoms with E-state index in [1.807, 2.05) is 0 Å². The van der Waals surface area contributed by atoms with Crippen molar-refractivity contribution < 1.29 is 34.7 Å². The molecule has 16 unspecified atom stereocenters. The van der Waals surface area contributed by atoms with Crippen molar-refractivity contribution in [1.82, 2.24) is 0 Å². The number of carboxylic acid groups (broad SMARTS) is 1. The second-order valence-corrected chi connectivity index (χ2v) is 25.1. The SMILES string of the molecule is CCCC1C2(O)CC(O)C3(CO)C1(CCC14C#CCC(CCC5CCCC5)CCC56C(CCC7C5C(C)(CCC7(C)C(=O)O)CCC61C)CC43C)C(Cc1ccc(CCOC)cc1)O2. The Labute approximate surface area is 386 Å². The Morgan fingerprint density at radius 1 is 0.828 bits per heavy atom. The molecule has 1 aliphatic heterocycles. The summed E-state index contributed by atoms with van der Waals surface area (Å²) in [7, 11) is 1.74. The van der Waals surface area contributed by atoms with Crippen LogP contribution in [0.3, 0.4) is 0 Å². The molecule has 4 bridgehead atoms. The summed E-state index contributed by atoms with van der Waals surface area (Å²) >= 11 is 0. The fourth-order valence-electron chi connectivity index (χ4n) is 20.5. The Hall–Kier alpha value is -1.95. The topological polar surface area (TPSA) is 116 Å². The van der Waals surface area contributed by atoms with Crippen LogP contribution in [-0.4, -0.2) is 64.7 Å². The highest BCUT2D eigenvalue weighted by Crippen LogP contribution is 2.90. The Balaban J connectivity index is 1.16. The third kappa shape index (κ3) is 5.74. The van der Waals surface area contributed by atoms with Gasteiger partial charge in [-0.05, 0) is 166 Å². The van der Waals surface area contributed by atoms with Gasteiger partial charge < -0.3 is 29.9 Å². The number of hydrogen-bond acceptors (Lipinski definition) is 6. The fraction of sp³-hybridized carbons (Fsp3) is 0.842. The van der Waals surface area contributed by atoms with E-state index in [0.717, 1.165) is 108 Å². The highest BCUT2D eigenvalue weighted by atomic mass is 16.6. The summed E-state index contributed by atoms with van der Waals surface area (Å²) in [5, 5.41) is 50.3. The molecule has 4 N–H and O–H groups in total. The molecule has 7 nitrogen and oxygen atoms in total. The Bertz CT molecular complexity index is 2000. The summed E-state index contributed by atoms with van der Waals surface area (Å²) in [4.78, 5) is 13.6. The van der Waals surface area contributed by atoms with E-state index in [4.69, 9.17) is 9.47 Å². The van der Waals surface area contributed by atoms with E-state index in [2.05, 4.69) is 70.7 Å². The Morgan fingerprint density at radius 3 is 2.25 bits per heavy atom. The van der Waals surface area contributed by atoms with Crippen LogP contribution in [0.15, 0.2) is 24.3 Å². The van der Waals surface area contributed by atoms with Gasteiger partial charge in [-0.3, -0.25) is 4.79 Å². The molecule has 16 atom stereocenters. The van der Waals surface area contributed by atoms with Crippen molar-refractivity contribution in [2.75, 3.05) is 20.3 Å². The summed E-state index contributed by atoms with van der Waals surface area (Å²) < 4.78 is 12.5. The summed E-state index contributed by atoms with van der Waals surface area (Å²) in [6, 6.07) is 8.82. The summed E-state index contributed by atoms with van der Waals surface area (Å²) in [6.07, 6.45) is 21.2. The number of ether oxygens (including phenoxy) is 2. The van der Waals surface area contributed by atoms with Gasteiger partial charge in [0.25, 0.3) is 0 Å². The van der Waals surface area contributed by atoms with E-state index in [-0.39, 0.29) is 53.1 Å².